The number of fused-ring (bicyclic) bond motifs is 1. The van der Waals surface area contributed by atoms with Crippen LogP contribution < -0.4 is 5.73 Å². The van der Waals surface area contributed by atoms with Gasteiger partial charge in [-0.25, -0.2) is 4.79 Å². The Bertz CT molecular complexity index is 536. The van der Waals surface area contributed by atoms with Crippen LogP contribution in [0.3, 0.4) is 0 Å². The number of ether oxygens (including phenoxy) is 1. The summed E-state index contributed by atoms with van der Waals surface area (Å²) in [6.07, 6.45) is 1.98. The minimum absolute atomic E-state index is 0.251. The van der Waals surface area contributed by atoms with Crippen LogP contribution in [0.15, 0.2) is 24.3 Å². The lowest BCUT2D eigenvalue weighted by Crippen LogP contribution is -2.05. The second-order valence-electron chi connectivity index (χ2n) is 3.54. The minimum Gasteiger partial charge on any atom is -0.461 e. The number of thioether (sulfide) groups is 1. The molecular weight excluding hydrogens is 254 g/mol. The van der Waals surface area contributed by atoms with Crippen molar-refractivity contribution in [1.82, 2.24) is 0 Å². The highest BCUT2D eigenvalue weighted by Crippen LogP contribution is 2.27. The van der Waals surface area contributed by atoms with Gasteiger partial charge in [0, 0.05) is 16.1 Å². The van der Waals surface area contributed by atoms with Crippen LogP contribution in [0.2, 0.25) is 0 Å². The molecular formula is C12H13NO2S2. The van der Waals surface area contributed by atoms with Crippen molar-refractivity contribution < 1.29 is 9.53 Å². The summed E-state index contributed by atoms with van der Waals surface area (Å²) in [5, 5.41) is 0.992. The van der Waals surface area contributed by atoms with Crippen molar-refractivity contribution in [3.8, 4) is 0 Å². The minimum atomic E-state index is -0.251. The molecule has 0 unspecified atom stereocenters. The fourth-order valence-electron chi connectivity index (χ4n) is 1.45. The molecule has 2 rings (SSSR count). The Hall–Kier alpha value is -1.20. The van der Waals surface area contributed by atoms with Crippen LogP contribution in [0.4, 0.5) is 5.69 Å². The van der Waals surface area contributed by atoms with Crippen molar-refractivity contribution in [2.45, 2.75) is 0 Å². The van der Waals surface area contributed by atoms with Gasteiger partial charge >= 0.3 is 5.97 Å². The number of benzene rings is 1. The molecule has 0 amide bonds. The van der Waals surface area contributed by atoms with E-state index >= 15 is 0 Å². The first kappa shape index (κ1) is 12.3. The monoisotopic (exact) mass is 267 g/mol. The van der Waals surface area contributed by atoms with Gasteiger partial charge < -0.3 is 10.5 Å². The van der Waals surface area contributed by atoms with Crippen molar-refractivity contribution >= 4 is 44.8 Å². The van der Waals surface area contributed by atoms with E-state index < -0.39 is 0 Å². The lowest BCUT2D eigenvalue weighted by atomic mass is 10.2. The Kier molecular flexibility index (Phi) is 3.91. The van der Waals surface area contributed by atoms with Gasteiger partial charge in [-0.1, -0.05) is 0 Å². The number of carbonyl (C=O) groups excluding carboxylic acids is 1. The lowest BCUT2D eigenvalue weighted by Gasteiger charge is -2.00. The van der Waals surface area contributed by atoms with E-state index in [1.54, 1.807) is 11.8 Å². The number of thiophene rings is 1. The fourth-order valence-corrected chi connectivity index (χ4v) is 2.64. The molecule has 0 fully saturated rings. The molecule has 5 heteroatoms. The Balaban J connectivity index is 2.15. The number of hydrogen-bond donors (Lipinski definition) is 1. The summed E-state index contributed by atoms with van der Waals surface area (Å²) in [4.78, 5) is 12.4. The lowest BCUT2D eigenvalue weighted by molar-refractivity contribution is 0.0536. The summed E-state index contributed by atoms with van der Waals surface area (Å²) in [6.45, 7) is 0.455. The second kappa shape index (κ2) is 5.42. The van der Waals surface area contributed by atoms with Crippen LogP contribution in [0.25, 0.3) is 10.1 Å². The maximum Gasteiger partial charge on any atom is 0.348 e. The largest absolute Gasteiger partial charge is 0.461 e. The summed E-state index contributed by atoms with van der Waals surface area (Å²) in [7, 11) is 0. The SMILES string of the molecule is CSCCOC(=O)c1cc2cc(N)ccc2s1. The molecule has 17 heavy (non-hydrogen) atoms. The standard InChI is InChI=1S/C12H13NO2S2/c1-16-5-4-15-12(14)11-7-8-6-9(13)2-3-10(8)17-11/h2-3,6-7H,4-5,13H2,1H3. The molecule has 1 aromatic heterocycles. The molecule has 1 heterocycles. The third-order valence-electron chi connectivity index (χ3n) is 2.26. The Morgan fingerprint density at radius 3 is 3.06 bits per heavy atom. The molecule has 0 atom stereocenters. The molecule has 0 aliphatic carbocycles. The zero-order valence-electron chi connectivity index (χ0n) is 9.43. The third kappa shape index (κ3) is 2.92. The van der Waals surface area contributed by atoms with E-state index in [1.807, 2.05) is 30.5 Å². The van der Waals surface area contributed by atoms with Crippen molar-refractivity contribution in [3.63, 3.8) is 0 Å². The van der Waals surface area contributed by atoms with Gasteiger partial charge in [-0.15, -0.1) is 11.3 Å². The Morgan fingerprint density at radius 1 is 1.47 bits per heavy atom. The van der Waals surface area contributed by atoms with Gasteiger partial charge in [0.25, 0.3) is 0 Å². The van der Waals surface area contributed by atoms with Gasteiger partial charge in [0.15, 0.2) is 0 Å². The zero-order valence-corrected chi connectivity index (χ0v) is 11.1. The number of carbonyl (C=O) groups is 1. The average Bonchev–Trinajstić information content (AvgIpc) is 2.72. The summed E-state index contributed by atoms with van der Waals surface area (Å²) in [5.74, 6) is 0.572. The highest BCUT2D eigenvalue weighted by molar-refractivity contribution is 7.98. The molecule has 2 N–H and O–H groups in total. The van der Waals surface area contributed by atoms with E-state index in [0.29, 0.717) is 17.2 Å². The molecule has 90 valence electrons. The normalized spacial score (nSPS) is 10.6. The van der Waals surface area contributed by atoms with E-state index in [4.69, 9.17) is 10.5 Å². The van der Waals surface area contributed by atoms with Gasteiger partial charge in [-0.2, -0.15) is 11.8 Å². The van der Waals surface area contributed by atoms with Crippen LogP contribution in [0.1, 0.15) is 9.67 Å². The highest BCUT2D eigenvalue weighted by Gasteiger charge is 2.11. The molecule has 0 spiro atoms. The molecule has 0 saturated carbocycles. The zero-order chi connectivity index (χ0) is 12.3. The maximum atomic E-state index is 11.7. The molecule has 0 saturated heterocycles. The van der Waals surface area contributed by atoms with E-state index in [-0.39, 0.29) is 5.97 Å². The molecule has 0 radical (unpaired) electrons. The molecule has 0 aliphatic rings. The fraction of sp³-hybridized carbons (Fsp3) is 0.250. The first-order chi connectivity index (χ1) is 8.20. The van der Waals surface area contributed by atoms with Gasteiger partial charge in [0.2, 0.25) is 0 Å². The third-order valence-corrected chi connectivity index (χ3v) is 3.93. The van der Waals surface area contributed by atoms with Crippen molar-refractivity contribution in [2.75, 3.05) is 24.3 Å². The van der Waals surface area contributed by atoms with E-state index in [1.165, 1.54) is 11.3 Å². The second-order valence-corrected chi connectivity index (χ2v) is 5.61. The van der Waals surface area contributed by atoms with Crippen LogP contribution in [0, 0.1) is 0 Å². The topological polar surface area (TPSA) is 52.3 Å². The number of nitrogen functional groups attached to an aromatic ring is 1. The Labute approximate surface area is 108 Å². The maximum absolute atomic E-state index is 11.7. The van der Waals surface area contributed by atoms with E-state index in [9.17, 15) is 4.79 Å². The van der Waals surface area contributed by atoms with Crippen molar-refractivity contribution in [3.05, 3.63) is 29.1 Å². The number of hydrogen-bond acceptors (Lipinski definition) is 5. The smallest absolute Gasteiger partial charge is 0.348 e. The van der Waals surface area contributed by atoms with Gasteiger partial charge in [-0.3, -0.25) is 0 Å². The molecule has 1 aromatic carbocycles. The predicted molar refractivity (Wildman–Crippen MR) is 74.9 cm³/mol. The first-order valence-electron chi connectivity index (χ1n) is 5.16. The number of anilines is 1. The number of rotatable bonds is 4. The molecule has 3 nitrogen and oxygen atoms in total. The Morgan fingerprint density at radius 2 is 2.29 bits per heavy atom. The molecule has 0 bridgehead atoms. The van der Waals surface area contributed by atoms with Crippen molar-refractivity contribution in [2.24, 2.45) is 0 Å². The van der Waals surface area contributed by atoms with E-state index in [2.05, 4.69) is 0 Å². The van der Waals surface area contributed by atoms with Gasteiger partial charge in [0.1, 0.15) is 11.5 Å². The van der Waals surface area contributed by atoms with Crippen LogP contribution in [0.5, 0.6) is 0 Å². The van der Waals surface area contributed by atoms with Crippen LogP contribution >= 0.6 is 23.1 Å². The molecule has 0 aliphatic heterocycles. The summed E-state index contributed by atoms with van der Waals surface area (Å²) >= 11 is 3.09. The number of esters is 1. The van der Waals surface area contributed by atoms with Crippen molar-refractivity contribution in [1.29, 1.82) is 0 Å². The number of nitrogens with two attached hydrogens (primary N) is 1. The summed E-state index contributed by atoms with van der Waals surface area (Å²) in [5.41, 5.74) is 6.40. The van der Waals surface area contributed by atoms with Gasteiger partial charge in [-0.05, 0) is 35.9 Å². The average molecular weight is 267 g/mol. The van der Waals surface area contributed by atoms with E-state index in [0.717, 1.165) is 15.8 Å². The summed E-state index contributed by atoms with van der Waals surface area (Å²) < 4.78 is 6.20. The first-order valence-corrected chi connectivity index (χ1v) is 7.37. The quantitative estimate of drug-likeness (QED) is 0.525. The van der Waals surface area contributed by atoms with Crippen LogP contribution in [-0.4, -0.2) is 24.6 Å². The van der Waals surface area contributed by atoms with Gasteiger partial charge in [0.05, 0.1) is 0 Å². The predicted octanol–water partition coefficient (Wildman–Crippen LogP) is 3.00. The summed E-state index contributed by atoms with van der Waals surface area (Å²) in [6, 6.07) is 7.46. The molecule has 2 aromatic rings. The van der Waals surface area contributed by atoms with Crippen LogP contribution in [-0.2, 0) is 4.74 Å². The highest BCUT2D eigenvalue weighted by atomic mass is 32.2.